The highest BCUT2D eigenvalue weighted by molar-refractivity contribution is 7.98. The lowest BCUT2D eigenvalue weighted by molar-refractivity contribution is 0.168. The minimum absolute atomic E-state index is 0.779. The van der Waals surface area contributed by atoms with Gasteiger partial charge in [-0.1, -0.05) is 33.6 Å². The van der Waals surface area contributed by atoms with Crippen LogP contribution in [0.25, 0.3) is 0 Å². The van der Waals surface area contributed by atoms with Gasteiger partial charge in [0.1, 0.15) is 0 Å². The topological polar surface area (TPSA) is 12.0 Å². The molecular weight excluding hydrogens is 238 g/mol. The van der Waals surface area contributed by atoms with Gasteiger partial charge in [0.25, 0.3) is 0 Å². The Balaban J connectivity index is 2.36. The van der Waals surface area contributed by atoms with Gasteiger partial charge in [-0.2, -0.15) is 11.8 Å². The molecule has 0 radical (unpaired) electrons. The Bertz CT molecular complexity index is 205. The van der Waals surface area contributed by atoms with Crippen molar-refractivity contribution in [2.75, 3.05) is 25.1 Å². The molecule has 0 bridgehead atoms. The molecule has 1 nitrogen and oxygen atoms in total. The molecule has 18 heavy (non-hydrogen) atoms. The second-order valence-electron chi connectivity index (χ2n) is 6.44. The van der Waals surface area contributed by atoms with Crippen molar-refractivity contribution in [1.82, 2.24) is 5.32 Å². The van der Waals surface area contributed by atoms with Gasteiger partial charge in [0.05, 0.1) is 0 Å². The van der Waals surface area contributed by atoms with Gasteiger partial charge in [0.15, 0.2) is 0 Å². The molecule has 0 amide bonds. The molecule has 0 aromatic rings. The van der Waals surface area contributed by atoms with E-state index in [2.05, 4.69) is 32.3 Å². The van der Waals surface area contributed by atoms with Gasteiger partial charge in [-0.3, -0.25) is 0 Å². The first kappa shape index (κ1) is 16.4. The largest absolute Gasteiger partial charge is 0.316 e. The van der Waals surface area contributed by atoms with Gasteiger partial charge < -0.3 is 5.32 Å². The number of hydrogen-bond donors (Lipinski definition) is 1. The van der Waals surface area contributed by atoms with Gasteiger partial charge in [-0.15, -0.1) is 0 Å². The monoisotopic (exact) mass is 271 g/mol. The smallest absolute Gasteiger partial charge is 0.00177 e. The van der Waals surface area contributed by atoms with E-state index in [1.165, 1.54) is 50.9 Å². The molecule has 1 aliphatic rings. The molecule has 2 heteroatoms. The van der Waals surface area contributed by atoms with Crippen molar-refractivity contribution < 1.29 is 0 Å². The van der Waals surface area contributed by atoms with E-state index in [0.29, 0.717) is 0 Å². The first-order chi connectivity index (χ1) is 8.67. The van der Waals surface area contributed by atoms with E-state index < -0.39 is 0 Å². The van der Waals surface area contributed by atoms with Crippen LogP contribution >= 0.6 is 11.8 Å². The van der Waals surface area contributed by atoms with Crippen LogP contribution in [0, 0.1) is 23.7 Å². The third-order valence-electron chi connectivity index (χ3n) is 4.48. The van der Waals surface area contributed by atoms with E-state index in [1.807, 2.05) is 11.8 Å². The van der Waals surface area contributed by atoms with Crippen molar-refractivity contribution in [3.8, 4) is 0 Å². The molecule has 0 spiro atoms. The average molecular weight is 272 g/mol. The predicted octanol–water partition coefficient (Wildman–Crippen LogP) is 4.43. The molecule has 0 heterocycles. The number of rotatable bonds is 8. The summed E-state index contributed by atoms with van der Waals surface area (Å²) in [5.74, 6) is 5.07. The van der Waals surface area contributed by atoms with E-state index in [4.69, 9.17) is 0 Å². The molecule has 108 valence electrons. The Kier molecular flexibility index (Phi) is 8.41. The normalized spacial score (nSPS) is 28.8. The highest BCUT2D eigenvalue weighted by atomic mass is 32.2. The summed E-state index contributed by atoms with van der Waals surface area (Å²) in [5.41, 5.74) is 0. The number of nitrogens with one attached hydrogen (secondary N) is 1. The lowest BCUT2D eigenvalue weighted by atomic mass is 9.72. The van der Waals surface area contributed by atoms with Crippen molar-refractivity contribution >= 4 is 11.8 Å². The number of thioether (sulfide) groups is 1. The second-order valence-corrected chi connectivity index (χ2v) is 7.43. The maximum Gasteiger partial charge on any atom is -0.00177 e. The maximum atomic E-state index is 3.69. The van der Waals surface area contributed by atoms with Crippen molar-refractivity contribution in [3.05, 3.63) is 0 Å². The third kappa shape index (κ3) is 5.97. The maximum absolute atomic E-state index is 3.69. The Labute approximate surface area is 119 Å². The van der Waals surface area contributed by atoms with Crippen molar-refractivity contribution in [2.24, 2.45) is 23.7 Å². The molecule has 0 aliphatic heterocycles. The van der Waals surface area contributed by atoms with E-state index in [0.717, 1.165) is 23.7 Å². The molecule has 3 unspecified atom stereocenters. The van der Waals surface area contributed by atoms with E-state index in [9.17, 15) is 0 Å². The van der Waals surface area contributed by atoms with E-state index in [1.54, 1.807) is 0 Å². The van der Waals surface area contributed by atoms with Crippen molar-refractivity contribution in [2.45, 2.75) is 52.9 Å². The summed E-state index contributed by atoms with van der Waals surface area (Å²) in [4.78, 5) is 0. The standard InChI is InChI=1S/C16H33NS/c1-5-14-6-7-16(12-17-11-13(2)3)15(10-14)8-9-18-4/h13-17H,5-12H2,1-4H3. The summed E-state index contributed by atoms with van der Waals surface area (Å²) in [6, 6.07) is 0. The van der Waals surface area contributed by atoms with Crippen LogP contribution in [0.1, 0.15) is 52.9 Å². The van der Waals surface area contributed by atoms with Gasteiger partial charge in [0.2, 0.25) is 0 Å². The Morgan fingerprint density at radius 1 is 1.22 bits per heavy atom. The van der Waals surface area contributed by atoms with Crippen molar-refractivity contribution in [1.29, 1.82) is 0 Å². The van der Waals surface area contributed by atoms with Gasteiger partial charge in [-0.25, -0.2) is 0 Å². The summed E-state index contributed by atoms with van der Waals surface area (Å²) in [5, 5.41) is 3.69. The molecule has 1 rings (SSSR count). The predicted molar refractivity (Wildman–Crippen MR) is 85.3 cm³/mol. The van der Waals surface area contributed by atoms with Crippen LogP contribution < -0.4 is 5.32 Å². The highest BCUT2D eigenvalue weighted by Gasteiger charge is 2.28. The molecule has 1 saturated carbocycles. The van der Waals surface area contributed by atoms with Crippen LogP contribution in [0.3, 0.4) is 0 Å². The van der Waals surface area contributed by atoms with Crippen LogP contribution in [0.15, 0.2) is 0 Å². The van der Waals surface area contributed by atoms with Gasteiger partial charge in [-0.05, 0) is 68.0 Å². The second kappa shape index (κ2) is 9.25. The van der Waals surface area contributed by atoms with Crippen LogP contribution in [-0.2, 0) is 0 Å². The molecule has 3 atom stereocenters. The Morgan fingerprint density at radius 3 is 2.61 bits per heavy atom. The molecule has 1 N–H and O–H groups in total. The van der Waals surface area contributed by atoms with Crippen LogP contribution in [-0.4, -0.2) is 25.1 Å². The molecule has 1 aliphatic carbocycles. The van der Waals surface area contributed by atoms with E-state index >= 15 is 0 Å². The Hall–Kier alpha value is 0.310. The fourth-order valence-corrected chi connectivity index (χ4v) is 3.78. The fraction of sp³-hybridized carbons (Fsp3) is 1.00. The zero-order valence-corrected chi connectivity index (χ0v) is 13.7. The first-order valence-electron chi connectivity index (χ1n) is 7.87. The summed E-state index contributed by atoms with van der Waals surface area (Å²) >= 11 is 2.01. The highest BCUT2D eigenvalue weighted by Crippen LogP contribution is 2.37. The van der Waals surface area contributed by atoms with Gasteiger partial charge in [0, 0.05) is 0 Å². The average Bonchev–Trinajstić information content (AvgIpc) is 2.36. The summed E-state index contributed by atoms with van der Waals surface area (Å²) in [6.45, 7) is 9.41. The Morgan fingerprint density at radius 2 is 2.00 bits per heavy atom. The fourth-order valence-electron chi connectivity index (χ4n) is 3.24. The van der Waals surface area contributed by atoms with E-state index in [-0.39, 0.29) is 0 Å². The minimum atomic E-state index is 0.779. The minimum Gasteiger partial charge on any atom is -0.316 e. The molecule has 0 saturated heterocycles. The molecule has 0 aromatic heterocycles. The van der Waals surface area contributed by atoms with Crippen LogP contribution in [0.2, 0.25) is 0 Å². The molecule has 0 aromatic carbocycles. The quantitative estimate of drug-likeness (QED) is 0.701. The molecular formula is C16H33NS. The van der Waals surface area contributed by atoms with Crippen molar-refractivity contribution in [3.63, 3.8) is 0 Å². The molecule has 1 fully saturated rings. The summed E-state index contributed by atoms with van der Waals surface area (Å²) in [6.07, 6.45) is 9.49. The lowest BCUT2D eigenvalue weighted by Crippen LogP contribution is -2.34. The zero-order chi connectivity index (χ0) is 13.4. The van der Waals surface area contributed by atoms with Crippen LogP contribution in [0.5, 0.6) is 0 Å². The SMILES string of the molecule is CCC1CCC(CNCC(C)C)C(CCSC)C1. The van der Waals surface area contributed by atoms with Crippen LogP contribution in [0.4, 0.5) is 0 Å². The first-order valence-corrected chi connectivity index (χ1v) is 9.26. The summed E-state index contributed by atoms with van der Waals surface area (Å²) < 4.78 is 0. The summed E-state index contributed by atoms with van der Waals surface area (Å²) in [7, 11) is 0. The number of hydrogen-bond acceptors (Lipinski definition) is 2. The zero-order valence-electron chi connectivity index (χ0n) is 12.9. The van der Waals surface area contributed by atoms with Gasteiger partial charge >= 0.3 is 0 Å². The lowest BCUT2D eigenvalue weighted by Gasteiger charge is -2.36. The third-order valence-corrected chi connectivity index (χ3v) is 5.12.